The molecule has 2 aromatic rings. The molecule has 0 heterocycles. The van der Waals surface area contributed by atoms with Crippen molar-refractivity contribution in [1.82, 2.24) is 0 Å². The number of rotatable bonds is 3. The largest absolute Gasteiger partial charge is 0.355 e. The monoisotopic (exact) mass is 280 g/mol. The van der Waals surface area contributed by atoms with Gasteiger partial charge in [0, 0.05) is 22.5 Å². The molecule has 0 fully saturated rings. The van der Waals surface area contributed by atoms with E-state index in [-0.39, 0.29) is 5.69 Å². The molecule has 0 aromatic heterocycles. The highest BCUT2D eigenvalue weighted by atomic mass is 35.5. The van der Waals surface area contributed by atoms with Crippen LogP contribution >= 0.6 is 11.6 Å². The van der Waals surface area contributed by atoms with Crippen LogP contribution in [0.1, 0.15) is 5.56 Å². The highest BCUT2D eigenvalue weighted by Crippen LogP contribution is 2.27. The van der Waals surface area contributed by atoms with Gasteiger partial charge in [0.1, 0.15) is 5.82 Å². The second-order valence-corrected chi connectivity index (χ2v) is 4.48. The first-order chi connectivity index (χ1) is 8.95. The van der Waals surface area contributed by atoms with Crippen molar-refractivity contribution in [2.45, 2.75) is 6.92 Å². The van der Waals surface area contributed by atoms with E-state index in [1.165, 1.54) is 12.1 Å². The fraction of sp³-hybridized carbons (Fsp3) is 0.0769. The van der Waals surface area contributed by atoms with E-state index in [4.69, 9.17) is 11.6 Å². The third kappa shape index (κ3) is 3.20. The Morgan fingerprint density at radius 3 is 2.68 bits per heavy atom. The van der Waals surface area contributed by atoms with Gasteiger partial charge in [0.25, 0.3) is 5.69 Å². The number of hydrogen-bond donors (Lipinski definition) is 1. The molecule has 0 unspecified atom stereocenters. The van der Waals surface area contributed by atoms with Gasteiger partial charge in [-0.3, -0.25) is 10.1 Å². The van der Waals surface area contributed by atoms with Gasteiger partial charge in [0.15, 0.2) is 0 Å². The lowest BCUT2D eigenvalue weighted by atomic mass is 10.2. The number of non-ortho nitro benzene ring substituents is 1. The molecule has 0 spiro atoms. The average molecular weight is 281 g/mol. The molecular formula is C13H10ClFN2O2. The molecule has 0 amide bonds. The van der Waals surface area contributed by atoms with Crippen LogP contribution in [-0.2, 0) is 0 Å². The van der Waals surface area contributed by atoms with Crippen molar-refractivity contribution in [3.8, 4) is 0 Å². The summed E-state index contributed by atoms with van der Waals surface area (Å²) >= 11 is 5.87. The summed E-state index contributed by atoms with van der Waals surface area (Å²) < 4.78 is 13.3. The number of halogens is 2. The Morgan fingerprint density at radius 2 is 2.00 bits per heavy atom. The molecule has 2 aromatic carbocycles. The quantitative estimate of drug-likeness (QED) is 0.668. The van der Waals surface area contributed by atoms with Crippen LogP contribution in [0.2, 0.25) is 5.02 Å². The van der Waals surface area contributed by atoms with Crippen molar-refractivity contribution in [1.29, 1.82) is 0 Å². The van der Waals surface area contributed by atoms with Crippen LogP contribution in [0.5, 0.6) is 0 Å². The van der Waals surface area contributed by atoms with E-state index < -0.39 is 10.7 Å². The standard InChI is InChI=1S/C13H10ClFN2O2/c1-8-2-3-9(14)4-13(8)16-11-5-10(15)6-12(7-11)17(18)19/h2-7,16H,1H3. The van der Waals surface area contributed by atoms with Gasteiger partial charge in [-0.25, -0.2) is 4.39 Å². The summed E-state index contributed by atoms with van der Waals surface area (Å²) in [4.78, 5) is 10.0. The summed E-state index contributed by atoms with van der Waals surface area (Å²) in [6.45, 7) is 1.85. The number of anilines is 2. The van der Waals surface area contributed by atoms with Crippen LogP contribution in [0.3, 0.4) is 0 Å². The third-order valence-electron chi connectivity index (χ3n) is 2.57. The van der Waals surface area contributed by atoms with Crippen molar-refractivity contribution < 1.29 is 9.31 Å². The summed E-state index contributed by atoms with van der Waals surface area (Å²) in [6.07, 6.45) is 0. The predicted octanol–water partition coefficient (Wildman–Crippen LogP) is 4.44. The minimum Gasteiger partial charge on any atom is -0.355 e. The van der Waals surface area contributed by atoms with Crippen LogP contribution in [-0.4, -0.2) is 4.92 Å². The first kappa shape index (κ1) is 13.3. The Labute approximate surface area is 114 Å². The molecule has 0 bridgehead atoms. The van der Waals surface area contributed by atoms with Crippen molar-refractivity contribution >= 4 is 28.7 Å². The molecule has 0 atom stereocenters. The van der Waals surface area contributed by atoms with E-state index in [2.05, 4.69) is 5.32 Å². The zero-order valence-corrected chi connectivity index (χ0v) is 10.7. The number of nitrogens with one attached hydrogen (secondary N) is 1. The van der Waals surface area contributed by atoms with Crippen LogP contribution in [0, 0.1) is 22.9 Å². The second-order valence-electron chi connectivity index (χ2n) is 4.04. The van der Waals surface area contributed by atoms with Gasteiger partial charge < -0.3 is 5.32 Å². The number of nitrogens with zero attached hydrogens (tertiary/aromatic N) is 1. The summed E-state index contributed by atoms with van der Waals surface area (Å²) in [6, 6.07) is 8.54. The lowest BCUT2D eigenvalue weighted by Crippen LogP contribution is -1.96. The lowest BCUT2D eigenvalue weighted by molar-refractivity contribution is -0.385. The van der Waals surface area contributed by atoms with E-state index in [1.54, 1.807) is 18.2 Å². The molecule has 0 aliphatic rings. The average Bonchev–Trinajstić information content (AvgIpc) is 2.33. The summed E-state index contributed by atoms with van der Waals surface area (Å²) in [5.74, 6) is -0.670. The second kappa shape index (κ2) is 5.24. The van der Waals surface area contributed by atoms with Gasteiger partial charge in [-0.15, -0.1) is 0 Å². The topological polar surface area (TPSA) is 55.2 Å². The van der Waals surface area contributed by atoms with Crippen molar-refractivity contribution in [3.05, 3.63) is 62.9 Å². The maximum atomic E-state index is 13.3. The Hall–Kier alpha value is -2.14. The van der Waals surface area contributed by atoms with Crippen molar-refractivity contribution in [2.24, 2.45) is 0 Å². The Morgan fingerprint density at radius 1 is 1.26 bits per heavy atom. The first-order valence-electron chi connectivity index (χ1n) is 5.44. The van der Waals surface area contributed by atoms with Crippen LogP contribution < -0.4 is 5.32 Å². The molecule has 1 N–H and O–H groups in total. The molecule has 6 heteroatoms. The number of nitro benzene ring substituents is 1. The fourth-order valence-electron chi connectivity index (χ4n) is 1.64. The minimum absolute atomic E-state index is 0.303. The van der Waals surface area contributed by atoms with E-state index in [0.29, 0.717) is 16.4 Å². The maximum absolute atomic E-state index is 13.3. The van der Waals surface area contributed by atoms with Crippen LogP contribution in [0.25, 0.3) is 0 Å². The summed E-state index contributed by atoms with van der Waals surface area (Å²) in [5.41, 5.74) is 1.57. The van der Waals surface area contributed by atoms with E-state index in [1.807, 2.05) is 6.92 Å². The van der Waals surface area contributed by atoms with E-state index >= 15 is 0 Å². The molecule has 4 nitrogen and oxygen atoms in total. The molecule has 2 rings (SSSR count). The number of nitro groups is 1. The normalized spacial score (nSPS) is 10.3. The zero-order chi connectivity index (χ0) is 14.0. The summed E-state index contributed by atoms with van der Waals surface area (Å²) in [5, 5.41) is 14.1. The fourth-order valence-corrected chi connectivity index (χ4v) is 1.81. The molecule has 98 valence electrons. The van der Waals surface area contributed by atoms with Crippen molar-refractivity contribution in [3.63, 3.8) is 0 Å². The van der Waals surface area contributed by atoms with Gasteiger partial charge in [0.05, 0.1) is 11.0 Å². The SMILES string of the molecule is Cc1ccc(Cl)cc1Nc1cc(F)cc([N+](=O)[O-])c1. The third-order valence-corrected chi connectivity index (χ3v) is 2.81. The predicted molar refractivity (Wildman–Crippen MR) is 72.5 cm³/mol. The smallest absolute Gasteiger partial charge is 0.274 e. The lowest BCUT2D eigenvalue weighted by Gasteiger charge is -2.10. The van der Waals surface area contributed by atoms with Gasteiger partial charge >= 0.3 is 0 Å². The van der Waals surface area contributed by atoms with E-state index in [0.717, 1.165) is 11.6 Å². The molecule has 0 saturated heterocycles. The molecular weight excluding hydrogens is 271 g/mol. The van der Waals surface area contributed by atoms with Crippen LogP contribution in [0.4, 0.5) is 21.5 Å². The zero-order valence-electron chi connectivity index (χ0n) is 9.98. The number of aryl methyl sites for hydroxylation is 1. The molecule has 19 heavy (non-hydrogen) atoms. The molecule has 0 radical (unpaired) electrons. The first-order valence-corrected chi connectivity index (χ1v) is 5.81. The highest BCUT2D eigenvalue weighted by Gasteiger charge is 2.10. The molecule has 0 saturated carbocycles. The minimum atomic E-state index is -0.670. The molecule has 0 aliphatic carbocycles. The number of benzene rings is 2. The number of hydrogen-bond acceptors (Lipinski definition) is 3. The Kier molecular flexibility index (Phi) is 3.66. The highest BCUT2D eigenvalue weighted by molar-refractivity contribution is 6.30. The van der Waals surface area contributed by atoms with E-state index in [9.17, 15) is 14.5 Å². The van der Waals surface area contributed by atoms with Gasteiger partial charge in [0.2, 0.25) is 0 Å². The molecule has 0 aliphatic heterocycles. The maximum Gasteiger partial charge on any atom is 0.274 e. The van der Waals surface area contributed by atoms with Crippen LogP contribution in [0.15, 0.2) is 36.4 Å². The Balaban J connectivity index is 2.38. The Bertz CT molecular complexity index is 647. The van der Waals surface area contributed by atoms with Gasteiger partial charge in [-0.05, 0) is 30.7 Å². The summed E-state index contributed by atoms with van der Waals surface area (Å²) in [7, 11) is 0. The van der Waals surface area contributed by atoms with Crippen molar-refractivity contribution in [2.75, 3.05) is 5.32 Å². The van der Waals surface area contributed by atoms with Gasteiger partial charge in [-0.1, -0.05) is 17.7 Å². The van der Waals surface area contributed by atoms with Gasteiger partial charge in [-0.2, -0.15) is 0 Å².